The fourth-order valence-corrected chi connectivity index (χ4v) is 4.57. The molecule has 3 aromatic carbocycles. The Morgan fingerprint density at radius 2 is 1.23 bits per heavy atom. The van der Waals surface area contributed by atoms with Gasteiger partial charge in [0.25, 0.3) is 0 Å². The SMILES string of the molecule is O=C(O)CCCCCCNC(=O)NC(Cc1ccccc1)(c1cccc(OC(F)(F)F)c1)c1cccc(OC(F)(F)F)c1. The van der Waals surface area contributed by atoms with Crippen LogP contribution in [0.1, 0.15) is 48.8 Å². The van der Waals surface area contributed by atoms with Gasteiger partial charge in [-0.3, -0.25) is 4.79 Å². The van der Waals surface area contributed by atoms with E-state index in [0.717, 1.165) is 24.3 Å². The van der Waals surface area contributed by atoms with Crippen LogP contribution < -0.4 is 20.1 Å². The van der Waals surface area contributed by atoms with Crippen LogP contribution in [0, 0.1) is 0 Å². The van der Waals surface area contributed by atoms with Crippen LogP contribution in [0.3, 0.4) is 0 Å². The molecule has 0 radical (unpaired) electrons. The van der Waals surface area contributed by atoms with Crippen molar-refractivity contribution in [2.45, 2.75) is 56.8 Å². The number of carbonyl (C=O) groups excluding carboxylic acids is 1. The van der Waals surface area contributed by atoms with Gasteiger partial charge in [-0.2, -0.15) is 0 Å². The molecule has 0 aliphatic heterocycles. The predicted octanol–water partition coefficient (Wildman–Crippen LogP) is 7.30. The zero-order chi connectivity index (χ0) is 31.5. The number of ether oxygens (including phenoxy) is 2. The average molecular weight is 613 g/mol. The Bertz CT molecular complexity index is 1290. The number of amides is 2. The highest BCUT2D eigenvalue weighted by Gasteiger charge is 2.39. The van der Waals surface area contributed by atoms with Crippen LogP contribution in [0.15, 0.2) is 78.9 Å². The number of carboxylic acids is 1. The van der Waals surface area contributed by atoms with Crippen molar-refractivity contribution in [2.75, 3.05) is 6.54 Å². The summed E-state index contributed by atoms with van der Waals surface area (Å²) in [6, 6.07) is 17.5. The molecule has 0 aliphatic carbocycles. The molecule has 3 rings (SSSR count). The van der Waals surface area contributed by atoms with Gasteiger partial charge in [-0.1, -0.05) is 67.4 Å². The van der Waals surface area contributed by atoms with Crippen molar-refractivity contribution < 1.29 is 50.5 Å². The van der Waals surface area contributed by atoms with Crippen LogP contribution in [-0.2, 0) is 16.8 Å². The Kier molecular flexibility index (Phi) is 11.3. The van der Waals surface area contributed by atoms with E-state index in [4.69, 9.17) is 5.11 Å². The third-order valence-electron chi connectivity index (χ3n) is 6.36. The van der Waals surface area contributed by atoms with Gasteiger partial charge in [-0.15, -0.1) is 26.3 Å². The number of rotatable bonds is 14. The second kappa shape index (κ2) is 14.7. The Morgan fingerprint density at radius 1 is 0.698 bits per heavy atom. The highest BCUT2D eigenvalue weighted by Crippen LogP contribution is 2.38. The summed E-state index contributed by atoms with van der Waals surface area (Å²) in [5.41, 5.74) is -0.870. The third-order valence-corrected chi connectivity index (χ3v) is 6.36. The van der Waals surface area contributed by atoms with Gasteiger partial charge in [0.05, 0.1) is 5.54 Å². The first-order valence-corrected chi connectivity index (χ1v) is 13.3. The van der Waals surface area contributed by atoms with Crippen LogP contribution in [0.4, 0.5) is 31.1 Å². The number of alkyl halides is 6. The number of urea groups is 1. The quantitative estimate of drug-likeness (QED) is 0.131. The Hall–Kier alpha value is -4.42. The van der Waals surface area contributed by atoms with Crippen LogP contribution in [0.2, 0.25) is 0 Å². The molecule has 0 atom stereocenters. The van der Waals surface area contributed by atoms with E-state index in [1.807, 2.05) is 0 Å². The molecule has 0 fully saturated rings. The maximum atomic E-state index is 13.3. The first kappa shape index (κ1) is 33.1. The van der Waals surface area contributed by atoms with E-state index in [-0.39, 0.29) is 30.5 Å². The lowest BCUT2D eigenvalue weighted by Crippen LogP contribution is -2.52. The Morgan fingerprint density at radius 3 is 1.74 bits per heavy atom. The largest absolute Gasteiger partial charge is 0.573 e. The summed E-state index contributed by atoms with van der Waals surface area (Å²) < 4.78 is 86.8. The summed E-state index contributed by atoms with van der Waals surface area (Å²) >= 11 is 0. The first-order chi connectivity index (χ1) is 20.3. The summed E-state index contributed by atoms with van der Waals surface area (Å²) in [4.78, 5) is 23.9. The molecule has 0 aromatic heterocycles. The zero-order valence-corrected chi connectivity index (χ0v) is 22.8. The standard InChI is InChI=1S/C30H30F6N2O5/c31-29(32,33)42-24-14-8-12-22(18-24)28(20-21-10-4-3-5-11-21,23-13-9-15-25(19-23)43-30(34,35)36)38-27(41)37-17-7-2-1-6-16-26(39)40/h3-5,8-15,18-19H,1-2,6-7,16-17,20H2,(H,39,40)(H2,37,38,41). The molecule has 0 saturated heterocycles. The number of benzene rings is 3. The Labute approximate surface area is 243 Å². The number of carboxylic acid groups (broad SMARTS) is 1. The molecule has 3 aromatic rings. The number of unbranched alkanes of at least 4 members (excludes halogenated alkanes) is 3. The fourth-order valence-electron chi connectivity index (χ4n) is 4.57. The minimum Gasteiger partial charge on any atom is -0.481 e. The van der Waals surface area contributed by atoms with Crippen molar-refractivity contribution >= 4 is 12.0 Å². The van der Waals surface area contributed by atoms with Crippen LogP contribution in [0.25, 0.3) is 0 Å². The second-order valence-electron chi connectivity index (χ2n) is 9.66. The molecule has 13 heteroatoms. The molecule has 43 heavy (non-hydrogen) atoms. The molecule has 7 nitrogen and oxygen atoms in total. The van der Waals surface area contributed by atoms with Gasteiger partial charge in [-0.25, -0.2) is 4.79 Å². The minimum atomic E-state index is -5.02. The van der Waals surface area contributed by atoms with Gasteiger partial charge in [-0.05, 0) is 53.8 Å². The lowest BCUT2D eigenvalue weighted by molar-refractivity contribution is -0.275. The van der Waals surface area contributed by atoms with Gasteiger partial charge in [0, 0.05) is 19.4 Å². The van der Waals surface area contributed by atoms with E-state index in [2.05, 4.69) is 20.1 Å². The predicted molar refractivity (Wildman–Crippen MR) is 144 cm³/mol. The van der Waals surface area contributed by atoms with Gasteiger partial charge < -0.3 is 25.2 Å². The lowest BCUT2D eigenvalue weighted by atomic mass is 9.77. The number of halogens is 6. The Balaban J connectivity index is 2.02. The second-order valence-corrected chi connectivity index (χ2v) is 9.66. The summed E-state index contributed by atoms with van der Waals surface area (Å²) in [5.74, 6) is -2.08. The van der Waals surface area contributed by atoms with Crippen LogP contribution in [-0.4, -0.2) is 36.4 Å². The van der Waals surface area contributed by atoms with Crippen LogP contribution >= 0.6 is 0 Å². The smallest absolute Gasteiger partial charge is 0.481 e. The highest BCUT2D eigenvalue weighted by atomic mass is 19.4. The number of nitrogens with one attached hydrogen (secondary N) is 2. The third kappa shape index (κ3) is 11.1. The molecule has 0 unspecified atom stereocenters. The van der Waals surface area contributed by atoms with Crippen molar-refractivity contribution in [1.82, 2.24) is 10.6 Å². The number of hydrogen-bond donors (Lipinski definition) is 3. The molecule has 0 bridgehead atoms. The minimum absolute atomic E-state index is 0.0319. The molecule has 3 N–H and O–H groups in total. The van der Waals surface area contributed by atoms with E-state index < -0.39 is 41.8 Å². The maximum Gasteiger partial charge on any atom is 0.573 e. The van der Waals surface area contributed by atoms with E-state index >= 15 is 0 Å². The maximum absolute atomic E-state index is 13.3. The average Bonchev–Trinajstić information content (AvgIpc) is 2.91. The molecule has 2 amide bonds. The van der Waals surface area contributed by atoms with Gasteiger partial charge in [0.1, 0.15) is 11.5 Å². The zero-order valence-electron chi connectivity index (χ0n) is 22.8. The van der Waals surface area contributed by atoms with Gasteiger partial charge in [0.2, 0.25) is 0 Å². The molecular formula is C30H30F6N2O5. The summed E-state index contributed by atoms with van der Waals surface area (Å²) in [6.07, 6.45) is -7.81. The number of aliphatic carboxylic acids is 1. The van der Waals surface area contributed by atoms with E-state index in [9.17, 15) is 35.9 Å². The van der Waals surface area contributed by atoms with Crippen molar-refractivity contribution in [3.63, 3.8) is 0 Å². The van der Waals surface area contributed by atoms with E-state index in [1.165, 1.54) is 24.3 Å². The fraction of sp³-hybridized carbons (Fsp3) is 0.333. The molecule has 232 valence electrons. The summed E-state index contributed by atoms with van der Waals surface area (Å²) in [5, 5.41) is 14.2. The molecule has 0 aliphatic rings. The van der Waals surface area contributed by atoms with Crippen molar-refractivity contribution in [3.8, 4) is 11.5 Å². The summed E-state index contributed by atoms with van der Waals surface area (Å²) in [7, 11) is 0. The van der Waals surface area contributed by atoms with E-state index in [0.29, 0.717) is 31.2 Å². The van der Waals surface area contributed by atoms with Crippen molar-refractivity contribution in [1.29, 1.82) is 0 Å². The van der Waals surface area contributed by atoms with Gasteiger partial charge in [0.15, 0.2) is 0 Å². The lowest BCUT2D eigenvalue weighted by Gasteiger charge is -2.37. The monoisotopic (exact) mass is 612 g/mol. The summed E-state index contributed by atoms with van der Waals surface area (Å²) in [6.45, 7) is 0.189. The number of carbonyl (C=O) groups is 2. The molecule has 0 saturated carbocycles. The number of hydrogen-bond acceptors (Lipinski definition) is 4. The highest BCUT2D eigenvalue weighted by molar-refractivity contribution is 5.76. The molecule has 0 heterocycles. The first-order valence-electron chi connectivity index (χ1n) is 13.3. The van der Waals surface area contributed by atoms with Crippen molar-refractivity contribution in [2.24, 2.45) is 0 Å². The molecular weight excluding hydrogens is 582 g/mol. The topological polar surface area (TPSA) is 96.9 Å². The van der Waals surface area contributed by atoms with Gasteiger partial charge >= 0.3 is 24.7 Å². The van der Waals surface area contributed by atoms with E-state index in [1.54, 1.807) is 30.3 Å². The molecule has 0 spiro atoms. The van der Waals surface area contributed by atoms with Crippen molar-refractivity contribution in [3.05, 3.63) is 95.6 Å². The van der Waals surface area contributed by atoms with Crippen LogP contribution in [0.5, 0.6) is 11.5 Å². The normalized spacial score (nSPS) is 12.0.